The smallest absolute Gasteiger partial charge is 0.250 e. The monoisotopic (exact) mass is 513 g/mol. The maximum absolute atomic E-state index is 13.2. The van der Waals surface area contributed by atoms with Crippen molar-refractivity contribution in [1.82, 2.24) is 9.62 Å². The summed E-state index contributed by atoms with van der Waals surface area (Å²) in [5.74, 6) is 0.473. The second-order valence-corrected chi connectivity index (χ2v) is 11.4. The van der Waals surface area contributed by atoms with Gasteiger partial charge in [-0.25, -0.2) is 17.5 Å². The number of sulfonamides is 1. The molecule has 10 heteroatoms. The van der Waals surface area contributed by atoms with Crippen molar-refractivity contribution in [3.8, 4) is 0 Å². The maximum atomic E-state index is 13.2. The number of anilines is 1. The average molecular weight is 514 g/mol. The Balaban J connectivity index is 1.44. The number of thiophene rings is 1. The van der Waals surface area contributed by atoms with Gasteiger partial charge in [-0.15, -0.1) is 11.3 Å². The number of hydrogen-bond acceptors (Lipinski definition) is 6. The van der Waals surface area contributed by atoms with Gasteiger partial charge in [0.15, 0.2) is 0 Å². The molecule has 3 heterocycles. The molecule has 1 aliphatic heterocycles. The molecule has 4 rings (SSSR count). The fourth-order valence-corrected chi connectivity index (χ4v) is 6.63. The van der Waals surface area contributed by atoms with Gasteiger partial charge in [0.25, 0.3) is 0 Å². The Morgan fingerprint density at radius 3 is 2.43 bits per heavy atom. The van der Waals surface area contributed by atoms with Crippen molar-refractivity contribution in [2.45, 2.75) is 10.3 Å². The second-order valence-electron chi connectivity index (χ2n) is 6.94. The first kappa shape index (κ1) is 21.5. The van der Waals surface area contributed by atoms with Gasteiger partial charge in [-0.1, -0.05) is 0 Å². The summed E-state index contributed by atoms with van der Waals surface area (Å²) < 4.78 is 47.9. The standard InChI is InChI=1S/C20H21BrFN3O3S2/c21-19-7-8-20(29-19)30(26,27)23-14-17(18-2-1-13-28-18)25-11-9-24(10-12-25)16-5-3-15(22)4-6-16/h1-8,13,17,23H,9-12,14H2. The fourth-order valence-electron chi connectivity index (χ4n) is 3.54. The number of halogens is 2. The Morgan fingerprint density at radius 2 is 1.83 bits per heavy atom. The van der Waals surface area contributed by atoms with Crippen molar-refractivity contribution in [3.63, 3.8) is 0 Å². The molecule has 0 aliphatic carbocycles. The molecule has 1 atom stereocenters. The molecule has 160 valence electrons. The number of nitrogens with one attached hydrogen (secondary N) is 1. The molecular weight excluding hydrogens is 493 g/mol. The molecule has 1 unspecified atom stereocenters. The molecule has 1 aromatic carbocycles. The lowest BCUT2D eigenvalue weighted by molar-refractivity contribution is 0.166. The summed E-state index contributed by atoms with van der Waals surface area (Å²) in [6, 6.07) is 13.3. The van der Waals surface area contributed by atoms with Crippen LogP contribution in [0, 0.1) is 5.82 Å². The lowest BCUT2D eigenvalue weighted by Gasteiger charge is -2.39. The van der Waals surface area contributed by atoms with Crippen LogP contribution in [0.3, 0.4) is 0 Å². The maximum Gasteiger partial charge on any atom is 0.250 e. The lowest BCUT2D eigenvalue weighted by Crippen LogP contribution is -2.49. The van der Waals surface area contributed by atoms with Gasteiger partial charge < -0.3 is 9.32 Å². The minimum Gasteiger partial charge on any atom is -0.468 e. The van der Waals surface area contributed by atoms with Crippen LogP contribution in [-0.2, 0) is 10.0 Å². The van der Waals surface area contributed by atoms with Gasteiger partial charge in [0.05, 0.1) is 16.1 Å². The van der Waals surface area contributed by atoms with Crippen LogP contribution < -0.4 is 9.62 Å². The predicted molar refractivity (Wildman–Crippen MR) is 119 cm³/mol. The van der Waals surface area contributed by atoms with Gasteiger partial charge in [-0.05, 0) is 64.5 Å². The largest absolute Gasteiger partial charge is 0.468 e. The Hall–Kier alpha value is -1.72. The molecule has 1 fully saturated rings. The third kappa shape index (κ3) is 4.94. The molecule has 1 aliphatic rings. The first-order chi connectivity index (χ1) is 14.4. The van der Waals surface area contributed by atoms with E-state index in [-0.39, 0.29) is 22.6 Å². The third-order valence-electron chi connectivity index (χ3n) is 5.10. The van der Waals surface area contributed by atoms with Crippen LogP contribution in [0.5, 0.6) is 0 Å². The SMILES string of the molecule is O=S(=O)(NCC(c1ccco1)N1CCN(c2ccc(F)cc2)CC1)c1ccc(Br)s1. The number of benzene rings is 1. The average Bonchev–Trinajstić information content (AvgIpc) is 3.42. The van der Waals surface area contributed by atoms with E-state index in [0.29, 0.717) is 0 Å². The summed E-state index contributed by atoms with van der Waals surface area (Å²) in [6.45, 7) is 3.19. The summed E-state index contributed by atoms with van der Waals surface area (Å²) >= 11 is 4.48. The number of hydrogen-bond donors (Lipinski definition) is 1. The van der Waals surface area contributed by atoms with Crippen molar-refractivity contribution < 1.29 is 17.2 Å². The molecule has 2 aromatic heterocycles. The molecule has 0 amide bonds. The normalized spacial score (nSPS) is 16.7. The topological polar surface area (TPSA) is 65.8 Å². The van der Waals surface area contributed by atoms with Crippen molar-refractivity contribution >= 4 is 43.0 Å². The molecule has 6 nitrogen and oxygen atoms in total. The fraction of sp³-hybridized carbons (Fsp3) is 0.300. The van der Waals surface area contributed by atoms with E-state index < -0.39 is 10.0 Å². The highest BCUT2D eigenvalue weighted by Crippen LogP contribution is 2.28. The van der Waals surface area contributed by atoms with E-state index >= 15 is 0 Å². The summed E-state index contributed by atoms with van der Waals surface area (Å²) in [4.78, 5) is 4.41. The summed E-state index contributed by atoms with van der Waals surface area (Å²) in [5, 5.41) is 0. The minimum atomic E-state index is -3.60. The van der Waals surface area contributed by atoms with E-state index in [1.54, 1.807) is 30.5 Å². The molecule has 0 saturated carbocycles. The zero-order valence-corrected chi connectivity index (χ0v) is 19.2. The van der Waals surface area contributed by atoms with E-state index in [2.05, 4.69) is 30.5 Å². The molecule has 30 heavy (non-hydrogen) atoms. The minimum absolute atomic E-state index is 0.210. The second kappa shape index (κ2) is 9.19. The Kier molecular flexibility index (Phi) is 6.59. The van der Waals surface area contributed by atoms with Crippen molar-refractivity contribution in [2.75, 3.05) is 37.6 Å². The van der Waals surface area contributed by atoms with Gasteiger partial charge in [-0.3, -0.25) is 4.90 Å². The summed E-state index contributed by atoms with van der Waals surface area (Å²) in [7, 11) is -3.60. The Morgan fingerprint density at radius 1 is 1.10 bits per heavy atom. The van der Waals surface area contributed by atoms with Crippen molar-refractivity contribution in [1.29, 1.82) is 0 Å². The highest BCUT2D eigenvalue weighted by molar-refractivity contribution is 9.11. The number of rotatable bonds is 7. The van der Waals surface area contributed by atoms with Crippen LogP contribution in [0.15, 0.2) is 67.2 Å². The molecular formula is C20H21BrFN3O3S2. The first-order valence-corrected chi connectivity index (χ1v) is 12.5. The van der Waals surface area contributed by atoms with Gasteiger partial charge in [0.2, 0.25) is 10.0 Å². The van der Waals surface area contributed by atoms with Gasteiger partial charge in [0, 0.05) is 38.4 Å². The van der Waals surface area contributed by atoms with Crippen molar-refractivity contribution in [3.05, 3.63) is 70.2 Å². The Labute approximate surface area is 187 Å². The van der Waals surface area contributed by atoms with Gasteiger partial charge in [0.1, 0.15) is 15.8 Å². The molecule has 0 spiro atoms. The quantitative estimate of drug-likeness (QED) is 0.515. The van der Waals surface area contributed by atoms with Crippen LogP contribution >= 0.6 is 27.3 Å². The predicted octanol–water partition coefficient (Wildman–Crippen LogP) is 4.08. The van der Waals surface area contributed by atoms with Crippen molar-refractivity contribution in [2.24, 2.45) is 0 Å². The Bertz CT molecular complexity index is 1060. The molecule has 1 N–H and O–H groups in total. The molecule has 0 bridgehead atoms. The van der Waals surface area contributed by atoms with Gasteiger partial charge >= 0.3 is 0 Å². The zero-order valence-electron chi connectivity index (χ0n) is 16.0. The number of piperazine rings is 1. The first-order valence-electron chi connectivity index (χ1n) is 9.45. The summed E-state index contributed by atoms with van der Waals surface area (Å²) in [5.41, 5.74) is 0.981. The summed E-state index contributed by atoms with van der Waals surface area (Å²) in [6.07, 6.45) is 1.60. The van der Waals surface area contributed by atoms with Crippen LogP contribution in [0.4, 0.5) is 10.1 Å². The van der Waals surface area contributed by atoms with Crippen LogP contribution in [0.1, 0.15) is 11.8 Å². The number of furan rings is 1. The van der Waals surface area contributed by atoms with E-state index in [4.69, 9.17) is 4.42 Å². The molecule has 1 saturated heterocycles. The van der Waals surface area contributed by atoms with Crippen LogP contribution in [0.25, 0.3) is 0 Å². The zero-order chi connectivity index (χ0) is 21.1. The third-order valence-corrected chi connectivity index (χ3v) is 8.64. The highest BCUT2D eigenvalue weighted by Gasteiger charge is 2.29. The molecule has 3 aromatic rings. The highest BCUT2D eigenvalue weighted by atomic mass is 79.9. The van der Waals surface area contributed by atoms with E-state index in [1.807, 2.05) is 12.1 Å². The van der Waals surface area contributed by atoms with Gasteiger partial charge in [-0.2, -0.15) is 0 Å². The van der Waals surface area contributed by atoms with E-state index in [0.717, 1.165) is 41.4 Å². The lowest BCUT2D eigenvalue weighted by atomic mass is 10.1. The van der Waals surface area contributed by atoms with Crippen LogP contribution in [0.2, 0.25) is 0 Å². The van der Waals surface area contributed by atoms with E-state index in [1.165, 1.54) is 23.5 Å². The van der Waals surface area contributed by atoms with Crippen LogP contribution in [-0.4, -0.2) is 46.0 Å². The van der Waals surface area contributed by atoms with E-state index in [9.17, 15) is 12.8 Å². The number of nitrogens with zero attached hydrogens (tertiary/aromatic N) is 2. The molecule has 0 radical (unpaired) electrons.